The predicted octanol–water partition coefficient (Wildman–Crippen LogP) is 2.65. The van der Waals surface area contributed by atoms with Crippen LogP contribution in [-0.4, -0.2) is 24.3 Å². The molecular formula is C12H13NO4S. The van der Waals surface area contributed by atoms with Crippen molar-refractivity contribution in [3.8, 4) is 16.5 Å². The first-order valence-corrected chi connectivity index (χ1v) is 6.39. The fourth-order valence-corrected chi connectivity index (χ4v) is 2.18. The quantitative estimate of drug-likeness (QED) is 0.779. The van der Waals surface area contributed by atoms with Gasteiger partial charge in [0.2, 0.25) is 0 Å². The smallest absolute Gasteiger partial charge is 0.344 e. The first-order valence-electron chi connectivity index (χ1n) is 5.51. The number of rotatable bonds is 5. The summed E-state index contributed by atoms with van der Waals surface area (Å²) in [4.78, 5) is 12.1. The van der Waals surface area contributed by atoms with Crippen LogP contribution in [-0.2, 0) is 9.53 Å². The highest BCUT2D eigenvalue weighted by Gasteiger charge is 2.16. The molecule has 0 aliphatic heterocycles. The number of carbonyl (C=O) groups excluding carboxylic acids is 1. The van der Waals surface area contributed by atoms with Crippen molar-refractivity contribution < 1.29 is 18.8 Å². The van der Waals surface area contributed by atoms with Crippen LogP contribution in [0.2, 0.25) is 0 Å². The Bertz CT molecular complexity index is 518. The molecule has 0 amide bonds. The summed E-state index contributed by atoms with van der Waals surface area (Å²) in [5, 5.41) is 5.76. The topological polar surface area (TPSA) is 61.6 Å². The van der Waals surface area contributed by atoms with Crippen LogP contribution in [0.1, 0.15) is 12.5 Å². The lowest BCUT2D eigenvalue weighted by Gasteiger charge is -2.02. The molecule has 0 unspecified atom stereocenters. The number of hydrogen-bond acceptors (Lipinski definition) is 6. The molecule has 2 heterocycles. The molecule has 0 aliphatic carbocycles. The number of carbonyl (C=O) groups is 1. The molecule has 0 atom stereocenters. The average Bonchev–Trinajstić information content (AvgIpc) is 2.96. The average molecular weight is 267 g/mol. The largest absolute Gasteiger partial charge is 0.463 e. The van der Waals surface area contributed by atoms with Crippen molar-refractivity contribution >= 4 is 17.3 Å². The lowest BCUT2D eigenvalue weighted by atomic mass is 10.2. The van der Waals surface area contributed by atoms with E-state index < -0.39 is 5.97 Å². The van der Waals surface area contributed by atoms with Crippen molar-refractivity contribution in [2.45, 2.75) is 13.8 Å². The van der Waals surface area contributed by atoms with Gasteiger partial charge in [-0.15, -0.1) is 11.3 Å². The van der Waals surface area contributed by atoms with Crippen LogP contribution < -0.4 is 4.74 Å². The van der Waals surface area contributed by atoms with Gasteiger partial charge in [0.15, 0.2) is 12.4 Å². The number of ether oxygens (including phenoxy) is 2. The number of nitrogens with zero attached hydrogens (tertiary/aromatic N) is 1. The highest BCUT2D eigenvalue weighted by Crippen LogP contribution is 2.32. The van der Waals surface area contributed by atoms with Gasteiger partial charge in [-0.1, -0.05) is 6.07 Å². The molecule has 0 spiro atoms. The van der Waals surface area contributed by atoms with Gasteiger partial charge in [-0.25, -0.2) is 4.79 Å². The van der Waals surface area contributed by atoms with Crippen LogP contribution in [0.25, 0.3) is 10.6 Å². The molecule has 2 rings (SSSR count). The SMILES string of the molecule is CCOC(=O)COc1noc(-c2cccs2)c1C. The van der Waals surface area contributed by atoms with Crippen molar-refractivity contribution in [2.24, 2.45) is 0 Å². The summed E-state index contributed by atoms with van der Waals surface area (Å²) in [6, 6.07) is 3.87. The fraction of sp³-hybridized carbons (Fsp3) is 0.333. The molecule has 18 heavy (non-hydrogen) atoms. The maximum absolute atomic E-state index is 11.2. The Morgan fingerprint density at radius 2 is 2.39 bits per heavy atom. The van der Waals surface area contributed by atoms with Crippen molar-refractivity contribution in [3.05, 3.63) is 23.1 Å². The molecule has 0 radical (unpaired) electrons. The highest BCUT2D eigenvalue weighted by molar-refractivity contribution is 7.13. The Labute approximate surface area is 108 Å². The molecule has 0 fully saturated rings. The number of thiophene rings is 1. The van der Waals surface area contributed by atoms with Crippen molar-refractivity contribution in [3.63, 3.8) is 0 Å². The second-order valence-electron chi connectivity index (χ2n) is 3.51. The Hall–Kier alpha value is -1.82. The molecule has 5 nitrogen and oxygen atoms in total. The van der Waals surface area contributed by atoms with Gasteiger partial charge in [-0.05, 0) is 30.5 Å². The van der Waals surface area contributed by atoms with Gasteiger partial charge < -0.3 is 14.0 Å². The summed E-state index contributed by atoms with van der Waals surface area (Å²) >= 11 is 1.56. The van der Waals surface area contributed by atoms with E-state index in [1.807, 2.05) is 24.4 Å². The number of aromatic nitrogens is 1. The highest BCUT2D eigenvalue weighted by atomic mass is 32.1. The van der Waals surface area contributed by atoms with Gasteiger partial charge in [-0.3, -0.25) is 0 Å². The molecule has 2 aromatic rings. The zero-order valence-corrected chi connectivity index (χ0v) is 11.0. The van der Waals surface area contributed by atoms with Gasteiger partial charge >= 0.3 is 5.97 Å². The van der Waals surface area contributed by atoms with Crippen LogP contribution in [0.3, 0.4) is 0 Å². The molecule has 0 saturated heterocycles. The van der Waals surface area contributed by atoms with E-state index in [0.717, 1.165) is 10.4 Å². The summed E-state index contributed by atoms with van der Waals surface area (Å²) in [7, 11) is 0. The van der Waals surface area contributed by atoms with E-state index in [2.05, 4.69) is 5.16 Å². The van der Waals surface area contributed by atoms with Crippen LogP contribution in [0, 0.1) is 6.92 Å². The van der Waals surface area contributed by atoms with Gasteiger partial charge in [0.05, 0.1) is 17.0 Å². The minimum Gasteiger partial charge on any atom is -0.463 e. The van der Waals surface area contributed by atoms with E-state index in [-0.39, 0.29) is 6.61 Å². The second-order valence-corrected chi connectivity index (χ2v) is 4.46. The van der Waals surface area contributed by atoms with E-state index in [4.69, 9.17) is 14.0 Å². The molecule has 0 N–H and O–H groups in total. The summed E-state index contributed by atoms with van der Waals surface area (Å²) in [6.45, 7) is 3.76. The lowest BCUT2D eigenvalue weighted by Crippen LogP contribution is -2.14. The van der Waals surface area contributed by atoms with Crippen molar-refractivity contribution in [2.75, 3.05) is 13.2 Å². The Morgan fingerprint density at radius 1 is 1.56 bits per heavy atom. The maximum Gasteiger partial charge on any atom is 0.344 e. The Balaban J connectivity index is 2.05. The monoisotopic (exact) mass is 267 g/mol. The maximum atomic E-state index is 11.2. The van der Waals surface area contributed by atoms with Gasteiger partial charge in [0, 0.05) is 0 Å². The summed E-state index contributed by atoms with van der Waals surface area (Å²) < 4.78 is 15.2. The summed E-state index contributed by atoms with van der Waals surface area (Å²) in [5.74, 6) is 0.577. The number of esters is 1. The molecule has 0 aromatic carbocycles. The van der Waals surface area contributed by atoms with Crippen molar-refractivity contribution in [1.29, 1.82) is 0 Å². The predicted molar refractivity (Wildman–Crippen MR) is 66.7 cm³/mol. The minimum atomic E-state index is -0.419. The third-order valence-electron chi connectivity index (χ3n) is 2.26. The van der Waals surface area contributed by atoms with Crippen LogP contribution in [0.4, 0.5) is 0 Å². The van der Waals surface area contributed by atoms with Crippen molar-refractivity contribution in [1.82, 2.24) is 5.16 Å². The standard InChI is InChI=1S/C12H13NO4S/c1-3-15-10(14)7-16-12-8(2)11(17-13-12)9-5-4-6-18-9/h4-6H,3,7H2,1-2H3. The van der Waals surface area contributed by atoms with Crippen LogP contribution in [0.5, 0.6) is 5.88 Å². The van der Waals surface area contributed by atoms with Crippen LogP contribution in [0.15, 0.2) is 22.0 Å². The lowest BCUT2D eigenvalue weighted by molar-refractivity contribution is -0.145. The van der Waals surface area contributed by atoms with Gasteiger partial charge in [-0.2, -0.15) is 0 Å². The first kappa shape index (κ1) is 12.6. The van der Waals surface area contributed by atoms with E-state index in [1.165, 1.54) is 0 Å². The molecule has 0 saturated carbocycles. The van der Waals surface area contributed by atoms with E-state index in [9.17, 15) is 4.79 Å². The first-order chi connectivity index (χ1) is 8.72. The zero-order valence-electron chi connectivity index (χ0n) is 10.1. The zero-order chi connectivity index (χ0) is 13.0. The Morgan fingerprint density at radius 3 is 3.06 bits per heavy atom. The van der Waals surface area contributed by atoms with E-state index >= 15 is 0 Å². The second kappa shape index (κ2) is 5.68. The summed E-state index contributed by atoms with van der Waals surface area (Å²) in [6.07, 6.45) is 0. The normalized spacial score (nSPS) is 10.3. The minimum absolute atomic E-state index is 0.162. The molecule has 0 aliphatic rings. The summed E-state index contributed by atoms with van der Waals surface area (Å²) in [5.41, 5.74) is 0.779. The Kier molecular flexibility index (Phi) is 3.99. The van der Waals surface area contributed by atoms with Gasteiger partial charge in [0.25, 0.3) is 5.88 Å². The van der Waals surface area contributed by atoms with E-state index in [0.29, 0.717) is 18.2 Å². The van der Waals surface area contributed by atoms with Crippen LogP contribution >= 0.6 is 11.3 Å². The molecule has 0 bridgehead atoms. The van der Waals surface area contributed by atoms with Gasteiger partial charge in [0.1, 0.15) is 0 Å². The molecule has 6 heteroatoms. The molecule has 2 aromatic heterocycles. The number of hydrogen-bond donors (Lipinski definition) is 0. The van der Waals surface area contributed by atoms with E-state index in [1.54, 1.807) is 18.3 Å². The molecule has 96 valence electrons. The fourth-order valence-electron chi connectivity index (χ4n) is 1.42. The third-order valence-corrected chi connectivity index (χ3v) is 3.13. The third kappa shape index (κ3) is 2.70. The molecular weight excluding hydrogens is 254 g/mol.